The molecule has 5 nitrogen and oxygen atoms in total. The lowest BCUT2D eigenvalue weighted by atomic mass is 10.2. The molecule has 0 spiro atoms. The number of carbonyl (C=O) groups is 1. The maximum atomic E-state index is 12.0. The third-order valence-electron chi connectivity index (χ3n) is 1.59. The molecule has 0 aliphatic carbocycles. The largest absolute Gasteiger partial charge is 0.573 e. The number of hydrogen-bond acceptors (Lipinski definition) is 3. The zero-order chi connectivity index (χ0) is 13.2. The molecule has 0 atom stereocenters. The Balaban J connectivity index is 3.21. The number of hydrogen-bond donors (Lipinski definition) is 2. The highest BCUT2D eigenvalue weighted by Gasteiger charge is 2.32. The first-order valence-electron chi connectivity index (χ1n) is 4.08. The molecule has 0 radical (unpaired) electrons. The number of carboxylic acids is 1. The average Bonchev–Trinajstić information content (AvgIpc) is 2.10. The fourth-order valence-electron chi connectivity index (χ4n) is 1.02. The number of ether oxygens (including phenoxy) is 1. The fourth-order valence-corrected chi connectivity index (χ4v) is 1.44. The molecule has 0 saturated carbocycles. The minimum Gasteiger partial charge on any atom is -0.481 e. The monoisotopic (exact) mass is 363 g/mol. The van der Waals surface area contributed by atoms with Crippen LogP contribution in [0.25, 0.3) is 0 Å². The van der Waals surface area contributed by atoms with Gasteiger partial charge in [-0.05, 0) is 22.6 Å². The van der Waals surface area contributed by atoms with E-state index in [0.717, 1.165) is 6.07 Å². The molecule has 1 rings (SSSR count). The number of rotatable bonds is 3. The van der Waals surface area contributed by atoms with Gasteiger partial charge in [0.05, 0.1) is 15.7 Å². The van der Waals surface area contributed by atoms with Gasteiger partial charge in [0.1, 0.15) is 0 Å². The van der Waals surface area contributed by atoms with Crippen molar-refractivity contribution < 1.29 is 27.8 Å². The fraction of sp³-hybridized carbons (Fsp3) is 0.250. The smallest absolute Gasteiger partial charge is 0.481 e. The second kappa shape index (κ2) is 4.94. The molecule has 0 aromatic carbocycles. The van der Waals surface area contributed by atoms with E-state index in [1.807, 2.05) is 4.98 Å². The first-order valence-corrected chi connectivity index (χ1v) is 5.16. The second-order valence-corrected chi connectivity index (χ2v) is 4.07. The van der Waals surface area contributed by atoms with Crippen molar-refractivity contribution in [3.8, 4) is 5.75 Å². The molecule has 0 aliphatic rings. The first kappa shape index (κ1) is 13.8. The highest BCUT2D eigenvalue weighted by molar-refractivity contribution is 14.1. The Kier molecular flexibility index (Phi) is 4.01. The molecule has 0 amide bonds. The van der Waals surface area contributed by atoms with Crippen LogP contribution in [0.5, 0.6) is 5.75 Å². The molecular formula is C8H5F3INO4. The maximum absolute atomic E-state index is 12.0. The molecule has 0 fully saturated rings. The van der Waals surface area contributed by atoms with E-state index in [9.17, 15) is 22.8 Å². The van der Waals surface area contributed by atoms with E-state index in [4.69, 9.17) is 5.11 Å². The number of H-pyrrole nitrogens is 1. The number of nitrogens with one attached hydrogen (secondary N) is 1. The van der Waals surface area contributed by atoms with Gasteiger partial charge in [0.2, 0.25) is 0 Å². The van der Waals surface area contributed by atoms with E-state index in [-0.39, 0.29) is 3.57 Å². The van der Waals surface area contributed by atoms with E-state index in [2.05, 4.69) is 4.74 Å². The van der Waals surface area contributed by atoms with Crippen molar-refractivity contribution in [2.45, 2.75) is 12.8 Å². The predicted octanol–water partition coefficient (Wildman–Crippen LogP) is 1.51. The van der Waals surface area contributed by atoms with Crippen molar-refractivity contribution in [1.29, 1.82) is 0 Å². The lowest BCUT2D eigenvalue weighted by Gasteiger charge is -2.12. The topological polar surface area (TPSA) is 79.4 Å². The number of pyridine rings is 1. The summed E-state index contributed by atoms with van der Waals surface area (Å²) in [4.78, 5) is 23.6. The van der Waals surface area contributed by atoms with Crippen molar-refractivity contribution in [3.63, 3.8) is 0 Å². The van der Waals surface area contributed by atoms with Gasteiger partial charge in [-0.25, -0.2) is 0 Å². The molecule has 1 aromatic rings. The van der Waals surface area contributed by atoms with E-state index in [0.29, 0.717) is 0 Å². The molecule has 0 saturated heterocycles. The van der Waals surface area contributed by atoms with Gasteiger partial charge >= 0.3 is 12.3 Å². The Morgan fingerprint density at radius 1 is 1.53 bits per heavy atom. The summed E-state index contributed by atoms with van der Waals surface area (Å²) in [7, 11) is 0. The van der Waals surface area contributed by atoms with Crippen LogP contribution in [-0.2, 0) is 11.2 Å². The summed E-state index contributed by atoms with van der Waals surface area (Å²) in [6.07, 6.45) is -5.72. The summed E-state index contributed by atoms with van der Waals surface area (Å²) in [6, 6.07) is 0.838. The quantitative estimate of drug-likeness (QED) is 0.798. The van der Waals surface area contributed by atoms with Gasteiger partial charge < -0.3 is 14.8 Å². The number of halogens is 4. The summed E-state index contributed by atoms with van der Waals surface area (Å²) in [6.45, 7) is 0. The van der Waals surface area contributed by atoms with Gasteiger partial charge in [-0.15, -0.1) is 13.2 Å². The van der Waals surface area contributed by atoms with Crippen LogP contribution in [0.2, 0.25) is 0 Å². The van der Waals surface area contributed by atoms with Gasteiger partial charge in [0, 0.05) is 6.07 Å². The average molecular weight is 363 g/mol. The van der Waals surface area contributed by atoms with E-state index < -0.39 is 35.8 Å². The molecule has 2 N–H and O–H groups in total. The number of aromatic amines is 1. The van der Waals surface area contributed by atoms with Crippen LogP contribution in [0.3, 0.4) is 0 Å². The van der Waals surface area contributed by atoms with Crippen LogP contribution in [0.1, 0.15) is 5.69 Å². The Morgan fingerprint density at radius 3 is 2.59 bits per heavy atom. The molecular weight excluding hydrogens is 358 g/mol. The second-order valence-electron chi connectivity index (χ2n) is 2.91. The molecule has 17 heavy (non-hydrogen) atoms. The van der Waals surface area contributed by atoms with Gasteiger partial charge in [-0.2, -0.15) is 0 Å². The zero-order valence-corrected chi connectivity index (χ0v) is 10.1. The summed E-state index contributed by atoms with van der Waals surface area (Å²) in [5.74, 6) is -2.10. The first-order chi connectivity index (χ1) is 7.69. The molecule has 0 unspecified atom stereocenters. The van der Waals surface area contributed by atoms with Crippen LogP contribution in [0.15, 0.2) is 10.9 Å². The van der Waals surface area contributed by atoms with Crippen LogP contribution in [0, 0.1) is 3.57 Å². The summed E-state index contributed by atoms with van der Waals surface area (Å²) in [5, 5.41) is 8.49. The number of carboxylic acid groups (broad SMARTS) is 1. The molecule has 1 aromatic heterocycles. The lowest BCUT2D eigenvalue weighted by molar-refractivity contribution is -0.275. The van der Waals surface area contributed by atoms with Crippen molar-refractivity contribution in [3.05, 3.63) is 25.7 Å². The standard InChI is InChI=1S/C8H5F3INO4/c9-8(10,11)17-5-1-3(12)7(16)13-4(5)2-6(14)15/h1H,2H2,(H,13,16)(H,14,15). The highest BCUT2D eigenvalue weighted by atomic mass is 127. The van der Waals surface area contributed by atoms with Gasteiger partial charge in [-0.3, -0.25) is 9.59 Å². The van der Waals surface area contributed by atoms with Crippen molar-refractivity contribution in [1.82, 2.24) is 4.98 Å². The number of aromatic nitrogens is 1. The van der Waals surface area contributed by atoms with Crippen molar-refractivity contribution in [2.24, 2.45) is 0 Å². The minimum atomic E-state index is -4.95. The SMILES string of the molecule is O=C(O)Cc1[nH]c(=O)c(I)cc1OC(F)(F)F. The Labute approximate surface area is 106 Å². The Hall–Kier alpha value is -1.26. The minimum absolute atomic E-state index is 0.0315. The molecule has 0 aliphatic heterocycles. The zero-order valence-electron chi connectivity index (χ0n) is 7.97. The van der Waals surface area contributed by atoms with Crippen molar-refractivity contribution in [2.75, 3.05) is 0 Å². The van der Waals surface area contributed by atoms with Crippen LogP contribution < -0.4 is 10.3 Å². The molecule has 9 heteroatoms. The van der Waals surface area contributed by atoms with E-state index in [1.165, 1.54) is 22.6 Å². The summed E-state index contributed by atoms with van der Waals surface area (Å²) < 4.78 is 39.7. The van der Waals surface area contributed by atoms with Crippen LogP contribution in [0.4, 0.5) is 13.2 Å². The molecule has 0 bridgehead atoms. The predicted molar refractivity (Wildman–Crippen MR) is 57.8 cm³/mol. The Morgan fingerprint density at radius 2 is 2.12 bits per heavy atom. The summed E-state index contributed by atoms with van der Waals surface area (Å²) in [5.41, 5.74) is -1.10. The maximum Gasteiger partial charge on any atom is 0.573 e. The molecule has 94 valence electrons. The number of aliphatic carboxylic acids is 1. The normalized spacial score (nSPS) is 11.3. The number of alkyl halides is 3. The Bertz CT molecular complexity index is 497. The van der Waals surface area contributed by atoms with E-state index in [1.54, 1.807) is 0 Å². The third kappa shape index (κ3) is 4.24. The van der Waals surface area contributed by atoms with Crippen molar-refractivity contribution >= 4 is 28.6 Å². The third-order valence-corrected chi connectivity index (χ3v) is 2.39. The van der Waals surface area contributed by atoms with Crippen LogP contribution in [-0.4, -0.2) is 22.4 Å². The van der Waals surface area contributed by atoms with Gasteiger partial charge in [0.25, 0.3) is 5.56 Å². The van der Waals surface area contributed by atoms with Gasteiger partial charge in [0.15, 0.2) is 5.75 Å². The molecule has 1 heterocycles. The van der Waals surface area contributed by atoms with E-state index >= 15 is 0 Å². The lowest BCUT2D eigenvalue weighted by Crippen LogP contribution is -2.22. The van der Waals surface area contributed by atoms with Gasteiger partial charge in [-0.1, -0.05) is 0 Å². The van der Waals surface area contributed by atoms with Crippen LogP contribution >= 0.6 is 22.6 Å². The highest BCUT2D eigenvalue weighted by Crippen LogP contribution is 2.25. The summed E-state index contributed by atoms with van der Waals surface area (Å²) >= 11 is 1.51.